The molecule has 8 nitrogen and oxygen atoms in total. The zero-order valence-corrected chi connectivity index (χ0v) is 13.4. The van der Waals surface area contributed by atoms with Crippen molar-refractivity contribution in [3.8, 4) is 0 Å². The van der Waals surface area contributed by atoms with Crippen LogP contribution in [0.25, 0.3) is 11.2 Å². The molecule has 0 aliphatic carbocycles. The average molecular weight is 344 g/mol. The molecule has 3 aromatic heterocycles. The summed E-state index contributed by atoms with van der Waals surface area (Å²) in [5.41, 5.74) is 2.01. The number of aromatic amines is 1. The van der Waals surface area contributed by atoms with Crippen LogP contribution in [0.4, 0.5) is 5.82 Å². The number of hydrogen-bond acceptors (Lipinski definition) is 6. The molecular formula is C15H14ClN7O. The topological polar surface area (TPSA) is 90.9 Å². The van der Waals surface area contributed by atoms with Gasteiger partial charge >= 0.3 is 0 Å². The van der Waals surface area contributed by atoms with Gasteiger partial charge in [-0.15, -0.1) is 0 Å². The van der Waals surface area contributed by atoms with Crippen LogP contribution < -0.4 is 4.90 Å². The summed E-state index contributed by atoms with van der Waals surface area (Å²) in [5.74, 6) is 0.783. The van der Waals surface area contributed by atoms with E-state index in [0.717, 1.165) is 11.3 Å². The van der Waals surface area contributed by atoms with Crippen molar-refractivity contribution in [1.82, 2.24) is 29.8 Å². The number of amides is 1. The van der Waals surface area contributed by atoms with Crippen LogP contribution in [0.1, 0.15) is 10.4 Å². The van der Waals surface area contributed by atoms with Crippen molar-refractivity contribution in [2.45, 2.75) is 0 Å². The predicted molar refractivity (Wildman–Crippen MR) is 89.0 cm³/mol. The van der Waals surface area contributed by atoms with Crippen LogP contribution in [0.15, 0.2) is 31.0 Å². The molecule has 0 radical (unpaired) electrons. The van der Waals surface area contributed by atoms with E-state index in [0.29, 0.717) is 42.5 Å². The SMILES string of the molecule is O=C(c1ccc(Cl)nc1)N1CCN(c2ncnc3nc[nH]c23)CC1. The van der Waals surface area contributed by atoms with E-state index in [-0.39, 0.29) is 5.91 Å². The van der Waals surface area contributed by atoms with Crippen molar-refractivity contribution in [2.75, 3.05) is 31.1 Å². The first-order valence-electron chi connectivity index (χ1n) is 7.52. The normalized spacial score (nSPS) is 15.0. The minimum Gasteiger partial charge on any atom is -0.351 e. The summed E-state index contributed by atoms with van der Waals surface area (Å²) in [5, 5.41) is 0.378. The number of carbonyl (C=O) groups excluding carboxylic acids is 1. The Hall–Kier alpha value is -2.74. The molecule has 1 saturated heterocycles. The maximum Gasteiger partial charge on any atom is 0.255 e. The highest BCUT2D eigenvalue weighted by Crippen LogP contribution is 2.21. The molecule has 1 N–H and O–H groups in total. The molecule has 1 aliphatic heterocycles. The second-order valence-corrected chi connectivity index (χ2v) is 5.83. The van der Waals surface area contributed by atoms with Crippen molar-refractivity contribution in [1.29, 1.82) is 0 Å². The number of aromatic nitrogens is 5. The highest BCUT2D eigenvalue weighted by atomic mass is 35.5. The highest BCUT2D eigenvalue weighted by molar-refractivity contribution is 6.29. The molecule has 0 spiro atoms. The third-order valence-corrected chi connectivity index (χ3v) is 4.27. The van der Waals surface area contributed by atoms with Crippen LogP contribution in [-0.4, -0.2) is 61.9 Å². The van der Waals surface area contributed by atoms with Crippen molar-refractivity contribution in [3.63, 3.8) is 0 Å². The van der Waals surface area contributed by atoms with E-state index >= 15 is 0 Å². The minimum atomic E-state index is -0.0341. The Morgan fingerprint density at radius 1 is 1.08 bits per heavy atom. The Morgan fingerprint density at radius 3 is 2.67 bits per heavy atom. The van der Waals surface area contributed by atoms with Gasteiger partial charge in [-0.2, -0.15) is 0 Å². The molecule has 24 heavy (non-hydrogen) atoms. The maximum atomic E-state index is 12.5. The number of rotatable bonds is 2. The lowest BCUT2D eigenvalue weighted by atomic mass is 10.2. The molecule has 3 aromatic rings. The Kier molecular flexibility index (Phi) is 3.73. The monoisotopic (exact) mass is 343 g/mol. The molecule has 9 heteroatoms. The number of carbonyl (C=O) groups is 1. The summed E-state index contributed by atoms with van der Waals surface area (Å²) >= 11 is 5.76. The lowest BCUT2D eigenvalue weighted by Gasteiger charge is -2.35. The zero-order valence-electron chi connectivity index (χ0n) is 12.7. The maximum absolute atomic E-state index is 12.5. The number of nitrogens with zero attached hydrogens (tertiary/aromatic N) is 6. The second kappa shape index (κ2) is 6.04. The third-order valence-electron chi connectivity index (χ3n) is 4.04. The smallest absolute Gasteiger partial charge is 0.255 e. The van der Waals surface area contributed by atoms with Gasteiger partial charge in [-0.25, -0.2) is 19.9 Å². The van der Waals surface area contributed by atoms with E-state index in [2.05, 4.69) is 29.8 Å². The average Bonchev–Trinajstić information content (AvgIpc) is 3.11. The number of H-pyrrole nitrogens is 1. The van der Waals surface area contributed by atoms with Gasteiger partial charge < -0.3 is 14.8 Å². The number of pyridine rings is 1. The van der Waals surface area contributed by atoms with Crippen LogP contribution in [0.5, 0.6) is 0 Å². The van der Waals surface area contributed by atoms with Gasteiger partial charge in [0.2, 0.25) is 0 Å². The number of nitrogens with one attached hydrogen (secondary N) is 1. The van der Waals surface area contributed by atoms with Gasteiger partial charge in [0.05, 0.1) is 11.9 Å². The molecule has 1 aliphatic rings. The van der Waals surface area contributed by atoms with Gasteiger partial charge in [0.15, 0.2) is 11.5 Å². The Morgan fingerprint density at radius 2 is 1.92 bits per heavy atom. The quantitative estimate of drug-likeness (QED) is 0.706. The third kappa shape index (κ3) is 2.65. The number of imidazole rings is 1. The first-order chi connectivity index (χ1) is 11.7. The first-order valence-corrected chi connectivity index (χ1v) is 7.90. The molecule has 4 rings (SSSR count). The molecule has 0 bridgehead atoms. The van der Waals surface area contributed by atoms with Crippen molar-refractivity contribution < 1.29 is 4.79 Å². The summed E-state index contributed by atoms with van der Waals surface area (Å²) in [6.07, 6.45) is 4.63. The van der Waals surface area contributed by atoms with Gasteiger partial charge in [-0.3, -0.25) is 4.79 Å². The molecule has 4 heterocycles. The van der Waals surface area contributed by atoms with E-state index in [9.17, 15) is 4.79 Å². The van der Waals surface area contributed by atoms with Crippen LogP contribution in [0.3, 0.4) is 0 Å². The van der Waals surface area contributed by atoms with Gasteiger partial charge in [0.25, 0.3) is 5.91 Å². The van der Waals surface area contributed by atoms with Gasteiger partial charge in [-0.1, -0.05) is 11.6 Å². The number of piperazine rings is 1. The summed E-state index contributed by atoms with van der Waals surface area (Å²) < 4.78 is 0. The summed E-state index contributed by atoms with van der Waals surface area (Å²) in [6, 6.07) is 3.32. The Bertz CT molecular complexity index is 871. The Balaban J connectivity index is 1.48. The fourth-order valence-electron chi connectivity index (χ4n) is 2.80. The molecule has 1 fully saturated rings. The van der Waals surface area contributed by atoms with Crippen LogP contribution >= 0.6 is 11.6 Å². The molecule has 0 aromatic carbocycles. The molecule has 0 saturated carbocycles. The second-order valence-electron chi connectivity index (χ2n) is 5.45. The standard InChI is InChI=1S/C15H14ClN7O/c16-11-2-1-10(7-17-11)15(24)23-5-3-22(4-6-23)14-12-13(19-8-18-12)20-9-21-14/h1-2,7-9H,3-6H2,(H,18,19,20,21). The van der Waals surface area contributed by atoms with Gasteiger partial charge in [0.1, 0.15) is 17.0 Å². The van der Waals surface area contributed by atoms with Crippen LogP contribution in [0, 0.1) is 0 Å². The molecule has 1 amide bonds. The predicted octanol–water partition coefficient (Wildman–Crippen LogP) is 1.36. The summed E-state index contributed by atoms with van der Waals surface area (Å²) in [4.78, 5) is 36.1. The van der Waals surface area contributed by atoms with Gasteiger partial charge in [0, 0.05) is 32.4 Å². The van der Waals surface area contributed by atoms with Crippen LogP contribution in [0.2, 0.25) is 5.15 Å². The summed E-state index contributed by atoms with van der Waals surface area (Å²) in [7, 11) is 0. The largest absolute Gasteiger partial charge is 0.351 e. The number of halogens is 1. The fraction of sp³-hybridized carbons (Fsp3) is 0.267. The highest BCUT2D eigenvalue weighted by Gasteiger charge is 2.24. The van der Waals surface area contributed by atoms with Gasteiger partial charge in [-0.05, 0) is 12.1 Å². The number of fused-ring (bicyclic) bond motifs is 1. The fourth-order valence-corrected chi connectivity index (χ4v) is 2.91. The van der Waals surface area contributed by atoms with Crippen molar-refractivity contribution in [3.05, 3.63) is 41.7 Å². The molecule has 122 valence electrons. The van der Waals surface area contributed by atoms with E-state index in [1.54, 1.807) is 18.5 Å². The first kappa shape index (κ1) is 14.8. The van der Waals surface area contributed by atoms with Crippen LogP contribution in [-0.2, 0) is 0 Å². The number of hydrogen-bond donors (Lipinski definition) is 1. The number of anilines is 1. The Labute approximate surface area is 142 Å². The summed E-state index contributed by atoms with van der Waals surface area (Å²) in [6.45, 7) is 2.61. The van der Waals surface area contributed by atoms with E-state index in [1.165, 1.54) is 12.5 Å². The zero-order chi connectivity index (χ0) is 16.5. The molecule has 0 atom stereocenters. The van der Waals surface area contributed by atoms with Crippen molar-refractivity contribution >= 4 is 34.5 Å². The molecule has 0 unspecified atom stereocenters. The lowest BCUT2D eigenvalue weighted by Crippen LogP contribution is -2.49. The van der Waals surface area contributed by atoms with E-state index in [4.69, 9.17) is 11.6 Å². The van der Waals surface area contributed by atoms with E-state index < -0.39 is 0 Å². The lowest BCUT2D eigenvalue weighted by molar-refractivity contribution is 0.0746. The van der Waals surface area contributed by atoms with E-state index in [1.807, 2.05) is 4.90 Å². The minimum absolute atomic E-state index is 0.0341. The van der Waals surface area contributed by atoms with Crippen molar-refractivity contribution in [2.24, 2.45) is 0 Å². The molecular weight excluding hydrogens is 330 g/mol.